The molecule has 1 aromatic heterocycles. The summed E-state index contributed by atoms with van der Waals surface area (Å²) in [7, 11) is -3.56. The van der Waals surface area contributed by atoms with Gasteiger partial charge in [-0.1, -0.05) is 30.3 Å². The van der Waals surface area contributed by atoms with Gasteiger partial charge in [0.05, 0.1) is 6.54 Å². The highest BCUT2D eigenvalue weighted by Gasteiger charge is 2.27. The van der Waals surface area contributed by atoms with Gasteiger partial charge < -0.3 is 14.6 Å². The predicted molar refractivity (Wildman–Crippen MR) is 111 cm³/mol. The smallest absolute Gasteiger partial charge is 0.287 e. The summed E-state index contributed by atoms with van der Waals surface area (Å²) in [6.45, 7) is 0.745. The molecule has 29 heavy (non-hydrogen) atoms. The average Bonchev–Trinajstić information content (AvgIpc) is 3.17. The summed E-state index contributed by atoms with van der Waals surface area (Å²) >= 11 is 3.11. The number of benzene rings is 1. The summed E-state index contributed by atoms with van der Waals surface area (Å²) in [5, 5.41) is 3.68. The molecule has 0 saturated carbocycles. The normalized spacial score (nSPS) is 15.6. The molecule has 2 heterocycles. The SMILES string of the molecule is O=C(NCC(=O)N1CCN(S(=O)(=O)C=Cc2ccccc2)CC1)c1ccc(Br)o1. The van der Waals surface area contributed by atoms with Gasteiger partial charge >= 0.3 is 0 Å². The van der Waals surface area contributed by atoms with Gasteiger partial charge in [-0.2, -0.15) is 4.31 Å². The number of nitrogens with one attached hydrogen (secondary N) is 1. The third-order valence-corrected chi connectivity index (χ3v) is 6.37. The van der Waals surface area contributed by atoms with Gasteiger partial charge in [-0.15, -0.1) is 0 Å². The second kappa shape index (κ2) is 9.38. The van der Waals surface area contributed by atoms with Gasteiger partial charge in [0.15, 0.2) is 10.4 Å². The minimum Gasteiger partial charge on any atom is -0.444 e. The molecule has 2 amide bonds. The maximum atomic E-state index is 12.5. The van der Waals surface area contributed by atoms with Gasteiger partial charge in [0.1, 0.15) is 0 Å². The monoisotopic (exact) mass is 481 g/mol. The highest BCUT2D eigenvalue weighted by molar-refractivity contribution is 9.10. The van der Waals surface area contributed by atoms with E-state index in [0.717, 1.165) is 5.56 Å². The lowest BCUT2D eigenvalue weighted by Crippen LogP contribution is -2.52. The molecule has 0 unspecified atom stereocenters. The van der Waals surface area contributed by atoms with Crippen molar-refractivity contribution in [1.29, 1.82) is 0 Å². The number of carbonyl (C=O) groups is 2. The van der Waals surface area contributed by atoms with Gasteiger partial charge in [0.2, 0.25) is 15.9 Å². The van der Waals surface area contributed by atoms with E-state index in [1.54, 1.807) is 12.1 Å². The third-order valence-electron chi connectivity index (χ3n) is 4.38. The van der Waals surface area contributed by atoms with Crippen LogP contribution in [-0.4, -0.2) is 62.2 Å². The maximum Gasteiger partial charge on any atom is 0.287 e. The molecular formula is C19H20BrN3O5S. The first-order chi connectivity index (χ1) is 13.8. The first-order valence-corrected chi connectivity index (χ1v) is 11.2. The number of halogens is 1. The molecule has 0 atom stereocenters. The van der Waals surface area contributed by atoms with E-state index in [1.807, 2.05) is 30.3 Å². The van der Waals surface area contributed by atoms with Crippen LogP contribution in [0, 0.1) is 0 Å². The van der Waals surface area contributed by atoms with Crippen LogP contribution in [-0.2, 0) is 14.8 Å². The predicted octanol–water partition coefficient (Wildman–Crippen LogP) is 1.92. The van der Waals surface area contributed by atoms with Crippen LogP contribution >= 0.6 is 15.9 Å². The minimum absolute atomic E-state index is 0.103. The molecule has 1 fully saturated rings. The third kappa shape index (κ3) is 5.78. The molecule has 1 aliphatic rings. The van der Waals surface area contributed by atoms with E-state index in [2.05, 4.69) is 21.2 Å². The average molecular weight is 482 g/mol. The van der Waals surface area contributed by atoms with E-state index in [4.69, 9.17) is 4.42 Å². The van der Waals surface area contributed by atoms with Crippen molar-refractivity contribution in [1.82, 2.24) is 14.5 Å². The van der Waals surface area contributed by atoms with Gasteiger partial charge in [-0.25, -0.2) is 8.42 Å². The first-order valence-electron chi connectivity index (χ1n) is 8.90. The van der Waals surface area contributed by atoms with E-state index < -0.39 is 15.9 Å². The van der Waals surface area contributed by atoms with Crippen LogP contribution in [0.1, 0.15) is 16.1 Å². The summed E-state index contributed by atoms with van der Waals surface area (Å²) in [6.07, 6.45) is 1.55. The zero-order valence-corrected chi connectivity index (χ0v) is 17.9. The van der Waals surface area contributed by atoms with Crippen molar-refractivity contribution in [2.75, 3.05) is 32.7 Å². The molecule has 1 saturated heterocycles. The van der Waals surface area contributed by atoms with E-state index >= 15 is 0 Å². The molecule has 1 aliphatic heterocycles. The fraction of sp³-hybridized carbons (Fsp3) is 0.263. The van der Waals surface area contributed by atoms with E-state index in [0.29, 0.717) is 4.67 Å². The van der Waals surface area contributed by atoms with E-state index in [9.17, 15) is 18.0 Å². The number of nitrogens with zero attached hydrogens (tertiary/aromatic N) is 2. The number of hydrogen-bond acceptors (Lipinski definition) is 5. The van der Waals surface area contributed by atoms with Crippen LogP contribution in [0.5, 0.6) is 0 Å². The second-order valence-corrected chi connectivity index (χ2v) is 8.92. The number of piperazine rings is 1. The lowest BCUT2D eigenvalue weighted by atomic mass is 10.2. The highest BCUT2D eigenvalue weighted by atomic mass is 79.9. The standard InChI is InChI=1S/C19H20BrN3O5S/c20-17-7-6-16(28-17)19(25)21-14-18(24)22-9-11-23(12-10-22)29(26,27)13-8-15-4-2-1-3-5-15/h1-8,13H,9-12,14H2,(H,21,25). The number of carbonyl (C=O) groups excluding carboxylic acids is 2. The zero-order valence-electron chi connectivity index (χ0n) is 15.5. The van der Waals surface area contributed by atoms with Crippen LogP contribution < -0.4 is 5.32 Å². The van der Waals surface area contributed by atoms with Crippen molar-refractivity contribution in [3.05, 3.63) is 63.9 Å². The van der Waals surface area contributed by atoms with Crippen LogP contribution in [0.4, 0.5) is 0 Å². The Hall–Kier alpha value is -2.43. The Morgan fingerprint density at radius 2 is 1.76 bits per heavy atom. The molecule has 154 valence electrons. The summed E-state index contributed by atoms with van der Waals surface area (Å²) in [4.78, 5) is 25.8. The second-order valence-electron chi connectivity index (χ2n) is 6.32. The largest absolute Gasteiger partial charge is 0.444 e. The number of sulfonamides is 1. The molecule has 3 rings (SSSR count). The van der Waals surface area contributed by atoms with Crippen molar-refractivity contribution in [3.8, 4) is 0 Å². The Kier molecular flexibility index (Phi) is 6.88. The Labute approximate surface area is 177 Å². The van der Waals surface area contributed by atoms with Gasteiger partial charge in [0.25, 0.3) is 5.91 Å². The minimum atomic E-state index is -3.56. The van der Waals surface area contributed by atoms with Crippen molar-refractivity contribution in [2.45, 2.75) is 0 Å². The Balaban J connectivity index is 1.48. The van der Waals surface area contributed by atoms with Crippen LogP contribution in [0.15, 0.2) is 57.0 Å². The molecule has 0 spiro atoms. The van der Waals surface area contributed by atoms with Gasteiger partial charge in [0, 0.05) is 31.6 Å². The number of rotatable bonds is 6. The fourth-order valence-corrected chi connectivity index (χ4v) is 4.28. The Morgan fingerprint density at radius 3 is 2.38 bits per heavy atom. The summed E-state index contributed by atoms with van der Waals surface area (Å²) in [5.41, 5.74) is 0.796. The van der Waals surface area contributed by atoms with Crippen molar-refractivity contribution in [3.63, 3.8) is 0 Å². The molecule has 10 heteroatoms. The lowest BCUT2D eigenvalue weighted by Gasteiger charge is -2.33. The molecule has 0 bridgehead atoms. The van der Waals surface area contributed by atoms with Crippen LogP contribution in [0.25, 0.3) is 6.08 Å². The number of amides is 2. The Bertz CT molecular complexity index is 996. The number of furan rings is 1. The molecule has 0 radical (unpaired) electrons. The number of hydrogen-bond donors (Lipinski definition) is 1. The molecular weight excluding hydrogens is 462 g/mol. The van der Waals surface area contributed by atoms with Crippen molar-refractivity contribution >= 4 is 43.8 Å². The van der Waals surface area contributed by atoms with Crippen molar-refractivity contribution in [2.24, 2.45) is 0 Å². The summed E-state index contributed by atoms with van der Waals surface area (Å²) in [6, 6.07) is 12.2. The lowest BCUT2D eigenvalue weighted by molar-refractivity contribution is -0.131. The maximum absolute atomic E-state index is 12.5. The topological polar surface area (TPSA) is 99.9 Å². The first kappa shape index (κ1) is 21.3. The Morgan fingerprint density at radius 1 is 1.07 bits per heavy atom. The molecule has 1 N–H and O–H groups in total. The van der Waals surface area contributed by atoms with Crippen LogP contribution in [0.3, 0.4) is 0 Å². The quantitative estimate of drug-likeness (QED) is 0.679. The van der Waals surface area contributed by atoms with Crippen molar-refractivity contribution < 1.29 is 22.4 Å². The highest BCUT2D eigenvalue weighted by Crippen LogP contribution is 2.14. The molecule has 2 aromatic rings. The fourth-order valence-electron chi connectivity index (χ4n) is 2.80. The summed E-state index contributed by atoms with van der Waals surface area (Å²) in [5.74, 6) is -0.664. The molecule has 1 aromatic carbocycles. The molecule has 8 nitrogen and oxygen atoms in total. The summed E-state index contributed by atoms with van der Waals surface area (Å²) < 4.78 is 31.8. The van der Waals surface area contributed by atoms with Gasteiger partial charge in [-0.05, 0) is 39.7 Å². The zero-order chi connectivity index (χ0) is 20.9. The van der Waals surface area contributed by atoms with Gasteiger partial charge in [-0.3, -0.25) is 9.59 Å². The van der Waals surface area contributed by atoms with Crippen LogP contribution in [0.2, 0.25) is 0 Å². The molecule has 0 aliphatic carbocycles. The van der Waals surface area contributed by atoms with E-state index in [1.165, 1.54) is 20.7 Å². The van der Waals surface area contributed by atoms with E-state index in [-0.39, 0.29) is 44.4 Å².